The molecule has 0 atom stereocenters. The van der Waals surface area contributed by atoms with Crippen LogP contribution in [-0.2, 0) is 24.4 Å². The molecular weight excluding hydrogens is 415 g/mol. The third-order valence-electron chi connectivity index (χ3n) is 4.35. The molecule has 0 saturated heterocycles. The highest BCUT2D eigenvalue weighted by Gasteiger charge is 2.17. The van der Waals surface area contributed by atoms with Gasteiger partial charge >= 0.3 is 5.69 Å². The predicted molar refractivity (Wildman–Crippen MR) is 110 cm³/mol. The number of carbonyl (C=O) groups is 1. The minimum absolute atomic E-state index is 0.0395. The zero-order valence-electron chi connectivity index (χ0n) is 15.0. The first kappa shape index (κ1) is 19.2. The van der Waals surface area contributed by atoms with Gasteiger partial charge in [0.15, 0.2) is 5.52 Å². The van der Waals surface area contributed by atoms with Gasteiger partial charge in [0.1, 0.15) is 12.4 Å². The van der Waals surface area contributed by atoms with E-state index in [9.17, 15) is 18.8 Å². The number of amides is 1. The highest BCUT2D eigenvalue weighted by Crippen LogP contribution is 2.11. The summed E-state index contributed by atoms with van der Waals surface area (Å²) >= 11 is 2.56. The number of aromatic nitrogens is 3. The smallest absolute Gasteiger partial charge is 0.332 e. The number of nitrogens with zero attached hydrogens (tertiary/aromatic N) is 3. The SMILES string of the molecule is O=C(Cn1c(=O)n(Cc2ccc(F)cc2)c(=O)c2nscc21)NCc1cccs1. The van der Waals surface area contributed by atoms with Crippen LogP contribution in [0.15, 0.2) is 56.7 Å². The van der Waals surface area contributed by atoms with E-state index in [1.165, 1.54) is 40.2 Å². The summed E-state index contributed by atoms with van der Waals surface area (Å²) in [6.45, 7) is 0.0938. The van der Waals surface area contributed by atoms with Gasteiger partial charge in [-0.1, -0.05) is 18.2 Å². The van der Waals surface area contributed by atoms with Crippen molar-refractivity contribution in [1.82, 2.24) is 18.8 Å². The van der Waals surface area contributed by atoms with Gasteiger partial charge in [0.05, 0.1) is 18.6 Å². The summed E-state index contributed by atoms with van der Waals surface area (Å²) < 4.78 is 19.5. The fraction of sp³-hybridized carbons (Fsp3) is 0.158. The number of hydrogen-bond acceptors (Lipinski definition) is 6. The summed E-state index contributed by atoms with van der Waals surface area (Å²) in [5.41, 5.74) is -0.104. The van der Waals surface area contributed by atoms with Crippen LogP contribution in [0.1, 0.15) is 10.4 Å². The summed E-state index contributed by atoms with van der Waals surface area (Å²) in [6.07, 6.45) is 0. The van der Waals surface area contributed by atoms with Crippen molar-refractivity contribution in [3.8, 4) is 0 Å². The van der Waals surface area contributed by atoms with E-state index in [0.717, 1.165) is 21.0 Å². The first-order chi connectivity index (χ1) is 14.0. The standard InChI is InChI=1S/C19H15FN4O3S2/c20-13-5-3-12(4-6-13)9-24-18(26)17-15(11-29-22-17)23(19(24)27)10-16(25)21-8-14-2-1-7-28-14/h1-7,11H,8-10H2,(H,21,25). The fourth-order valence-electron chi connectivity index (χ4n) is 2.90. The summed E-state index contributed by atoms with van der Waals surface area (Å²) in [7, 11) is 0. The van der Waals surface area contributed by atoms with Crippen molar-refractivity contribution in [2.45, 2.75) is 19.6 Å². The molecule has 1 N–H and O–H groups in total. The fourth-order valence-corrected chi connectivity index (χ4v) is 4.21. The van der Waals surface area contributed by atoms with Gasteiger partial charge in [-0.05, 0) is 40.7 Å². The lowest BCUT2D eigenvalue weighted by Gasteiger charge is -2.12. The van der Waals surface area contributed by atoms with Crippen molar-refractivity contribution < 1.29 is 9.18 Å². The second-order valence-electron chi connectivity index (χ2n) is 6.29. The molecule has 1 aromatic carbocycles. The molecule has 0 bridgehead atoms. The van der Waals surface area contributed by atoms with E-state index in [-0.39, 0.29) is 24.5 Å². The van der Waals surface area contributed by atoms with Crippen LogP contribution in [-0.4, -0.2) is 19.4 Å². The number of benzene rings is 1. The molecule has 0 radical (unpaired) electrons. The number of nitrogens with one attached hydrogen (secondary N) is 1. The Kier molecular flexibility index (Phi) is 5.36. The lowest BCUT2D eigenvalue weighted by molar-refractivity contribution is -0.121. The van der Waals surface area contributed by atoms with Crippen molar-refractivity contribution in [2.75, 3.05) is 0 Å². The Hall–Kier alpha value is -3.11. The number of fused-ring (bicyclic) bond motifs is 1. The number of carbonyl (C=O) groups excluding carboxylic acids is 1. The largest absolute Gasteiger partial charge is 0.350 e. The van der Waals surface area contributed by atoms with E-state index in [4.69, 9.17) is 0 Å². The molecule has 0 saturated carbocycles. The topological polar surface area (TPSA) is 86.0 Å². The average molecular weight is 430 g/mol. The van der Waals surface area contributed by atoms with Crippen molar-refractivity contribution in [3.05, 3.63) is 84.3 Å². The highest BCUT2D eigenvalue weighted by molar-refractivity contribution is 7.09. The van der Waals surface area contributed by atoms with Crippen LogP contribution in [0.3, 0.4) is 0 Å². The van der Waals surface area contributed by atoms with Gasteiger partial charge in [-0.2, -0.15) is 4.37 Å². The Balaban J connectivity index is 1.66. The van der Waals surface area contributed by atoms with Crippen LogP contribution in [0.2, 0.25) is 0 Å². The van der Waals surface area contributed by atoms with Gasteiger partial charge in [-0.3, -0.25) is 18.7 Å². The quantitative estimate of drug-likeness (QED) is 0.508. The molecule has 0 aliphatic rings. The van der Waals surface area contributed by atoms with Crippen LogP contribution in [0, 0.1) is 5.82 Å². The van der Waals surface area contributed by atoms with Crippen molar-refractivity contribution in [2.24, 2.45) is 0 Å². The molecule has 0 aliphatic heterocycles. The van der Waals surface area contributed by atoms with Gasteiger partial charge in [0.25, 0.3) is 5.56 Å². The van der Waals surface area contributed by atoms with E-state index < -0.39 is 17.1 Å². The molecule has 148 valence electrons. The van der Waals surface area contributed by atoms with E-state index >= 15 is 0 Å². The highest BCUT2D eigenvalue weighted by atomic mass is 32.1. The van der Waals surface area contributed by atoms with Crippen LogP contribution in [0.25, 0.3) is 11.0 Å². The number of halogens is 1. The van der Waals surface area contributed by atoms with E-state index in [0.29, 0.717) is 17.6 Å². The summed E-state index contributed by atoms with van der Waals surface area (Å²) in [5.74, 6) is -0.754. The average Bonchev–Trinajstić information content (AvgIpc) is 3.40. The van der Waals surface area contributed by atoms with Crippen molar-refractivity contribution in [1.29, 1.82) is 0 Å². The molecule has 7 nitrogen and oxygen atoms in total. The predicted octanol–water partition coefficient (Wildman–Crippen LogP) is 2.18. The molecule has 0 spiro atoms. The normalized spacial score (nSPS) is 11.1. The Morgan fingerprint density at radius 3 is 2.66 bits per heavy atom. The first-order valence-electron chi connectivity index (χ1n) is 8.64. The second-order valence-corrected chi connectivity index (χ2v) is 7.95. The van der Waals surface area contributed by atoms with Gasteiger partial charge in [-0.25, -0.2) is 9.18 Å². The molecule has 0 fully saturated rings. The first-order valence-corrected chi connectivity index (χ1v) is 10.4. The molecule has 3 heterocycles. The Morgan fingerprint density at radius 2 is 1.93 bits per heavy atom. The van der Waals surface area contributed by atoms with E-state index in [1.54, 1.807) is 5.38 Å². The third-order valence-corrected chi connectivity index (χ3v) is 5.84. The Labute approximate surface area is 171 Å². The molecular formula is C19H15FN4O3S2. The van der Waals surface area contributed by atoms with Gasteiger partial charge in [0.2, 0.25) is 5.91 Å². The molecule has 4 aromatic rings. The molecule has 0 aliphatic carbocycles. The summed E-state index contributed by atoms with van der Waals surface area (Å²) in [4.78, 5) is 39.1. The second kappa shape index (κ2) is 8.10. The van der Waals surface area contributed by atoms with Crippen molar-refractivity contribution in [3.63, 3.8) is 0 Å². The van der Waals surface area contributed by atoms with Crippen molar-refractivity contribution >= 4 is 39.8 Å². The van der Waals surface area contributed by atoms with Crippen LogP contribution in [0.4, 0.5) is 4.39 Å². The van der Waals surface area contributed by atoms with Gasteiger partial charge in [0, 0.05) is 10.3 Å². The van der Waals surface area contributed by atoms with Crippen LogP contribution >= 0.6 is 22.9 Å². The third kappa shape index (κ3) is 4.03. The lowest BCUT2D eigenvalue weighted by Crippen LogP contribution is -2.42. The molecule has 4 rings (SSSR count). The van der Waals surface area contributed by atoms with E-state index in [1.807, 2.05) is 17.5 Å². The maximum Gasteiger partial charge on any atom is 0.332 e. The monoisotopic (exact) mass is 430 g/mol. The molecule has 29 heavy (non-hydrogen) atoms. The Bertz CT molecular complexity index is 1270. The number of thiophene rings is 1. The number of rotatable bonds is 6. The number of hydrogen-bond donors (Lipinski definition) is 1. The summed E-state index contributed by atoms with van der Waals surface area (Å²) in [6, 6.07) is 9.33. The summed E-state index contributed by atoms with van der Waals surface area (Å²) in [5, 5.41) is 6.26. The minimum atomic E-state index is -0.613. The Morgan fingerprint density at radius 1 is 1.14 bits per heavy atom. The van der Waals surface area contributed by atoms with Crippen LogP contribution < -0.4 is 16.6 Å². The molecule has 0 unspecified atom stereocenters. The van der Waals surface area contributed by atoms with Crippen LogP contribution in [0.5, 0.6) is 0 Å². The van der Waals surface area contributed by atoms with Gasteiger partial charge in [-0.15, -0.1) is 11.3 Å². The molecule has 1 amide bonds. The maximum atomic E-state index is 13.1. The molecule has 10 heteroatoms. The zero-order chi connectivity index (χ0) is 20.4. The van der Waals surface area contributed by atoms with Gasteiger partial charge < -0.3 is 5.32 Å². The molecule has 3 aromatic heterocycles. The lowest BCUT2D eigenvalue weighted by atomic mass is 10.2. The minimum Gasteiger partial charge on any atom is -0.350 e. The van der Waals surface area contributed by atoms with E-state index in [2.05, 4.69) is 9.69 Å². The zero-order valence-corrected chi connectivity index (χ0v) is 16.6. The maximum absolute atomic E-state index is 13.1.